The molecule has 0 aliphatic carbocycles. The van der Waals surface area contributed by atoms with Crippen LogP contribution in [0, 0.1) is 5.82 Å². The first-order valence-corrected chi connectivity index (χ1v) is 7.52. The number of ether oxygens (including phenoxy) is 3. The molecule has 5 heteroatoms. The van der Waals surface area contributed by atoms with Crippen molar-refractivity contribution in [3.8, 4) is 5.75 Å². The highest BCUT2D eigenvalue weighted by atomic mass is 19.1. The summed E-state index contributed by atoms with van der Waals surface area (Å²) in [5.74, 6) is -0.0446. The van der Waals surface area contributed by atoms with Gasteiger partial charge in [0.25, 0.3) is 0 Å². The Hall–Kier alpha value is -1.17. The summed E-state index contributed by atoms with van der Waals surface area (Å²) in [6.07, 6.45) is 2.42. The maximum atomic E-state index is 13.8. The van der Waals surface area contributed by atoms with E-state index in [1.165, 1.54) is 13.2 Å². The lowest BCUT2D eigenvalue weighted by Crippen LogP contribution is -2.35. The van der Waals surface area contributed by atoms with Crippen LogP contribution in [0.15, 0.2) is 18.2 Å². The summed E-state index contributed by atoms with van der Waals surface area (Å²) in [5.41, 5.74) is 0.944. The highest BCUT2D eigenvalue weighted by molar-refractivity contribution is 5.29. The zero-order valence-corrected chi connectivity index (χ0v) is 12.7. The van der Waals surface area contributed by atoms with Crippen molar-refractivity contribution in [2.75, 3.05) is 26.9 Å². The molecule has 1 aliphatic heterocycles. The molecule has 0 radical (unpaired) electrons. The summed E-state index contributed by atoms with van der Waals surface area (Å²) < 4.78 is 29.7. The molecule has 1 fully saturated rings. The molecule has 21 heavy (non-hydrogen) atoms. The fourth-order valence-corrected chi connectivity index (χ4v) is 2.48. The van der Waals surface area contributed by atoms with E-state index >= 15 is 0 Å². The van der Waals surface area contributed by atoms with Gasteiger partial charge in [-0.3, -0.25) is 0 Å². The number of nitrogens with one attached hydrogen (secondary N) is 1. The van der Waals surface area contributed by atoms with Crippen molar-refractivity contribution in [3.05, 3.63) is 29.6 Å². The molecule has 1 aliphatic rings. The van der Waals surface area contributed by atoms with Gasteiger partial charge in [0, 0.05) is 12.5 Å². The second-order valence-corrected chi connectivity index (χ2v) is 5.23. The van der Waals surface area contributed by atoms with Crippen LogP contribution in [0.4, 0.5) is 4.39 Å². The van der Waals surface area contributed by atoms with Gasteiger partial charge in [-0.15, -0.1) is 0 Å². The number of hydrogen-bond acceptors (Lipinski definition) is 4. The van der Waals surface area contributed by atoms with Crippen molar-refractivity contribution in [3.63, 3.8) is 0 Å². The van der Waals surface area contributed by atoms with Gasteiger partial charge in [0.2, 0.25) is 0 Å². The van der Waals surface area contributed by atoms with E-state index in [1.54, 1.807) is 6.07 Å². The third-order valence-corrected chi connectivity index (χ3v) is 3.55. The third-order valence-electron chi connectivity index (χ3n) is 3.55. The van der Waals surface area contributed by atoms with Crippen molar-refractivity contribution in [1.82, 2.24) is 5.32 Å². The Bertz CT molecular complexity index is 436. The van der Waals surface area contributed by atoms with E-state index in [4.69, 9.17) is 14.2 Å². The Balaban J connectivity index is 1.97. The average molecular weight is 297 g/mol. The second kappa shape index (κ2) is 8.32. The van der Waals surface area contributed by atoms with Crippen LogP contribution < -0.4 is 10.1 Å². The van der Waals surface area contributed by atoms with Gasteiger partial charge in [-0.2, -0.15) is 0 Å². The van der Waals surface area contributed by atoms with Gasteiger partial charge >= 0.3 is 0 Å². The van der Waals surface area contributed by atoms with E-state index in [-0.39, 0.29) is 23.9 Å². The molecule has 1 atom stereocenters. The molecule has 0 saturated carbocycles. The van der Waals surface area contributed by atoms with Crippen LogP contribution in [-0.2, 0) is 15.9 Å². The van der Waals surface area contributed by atoms with Gasteiger partial charge in [-0.25, -0.2) is 4.39 Å². The van der Waals surface area contributed by atoms with Crippen molar-refractivity contribution < 1.29 is 18.6 Å². The Morgan fingerprint density at radius 3 is 2.76 bits per heavy atom. The van der Waals surface area contributed by atoms with E-state index in [0.717, 1.165) is 31.4 Å². The van der Waals surface area contributed by atoms with E-state index in [0.29, 0.717) is 13.2 Å². The maximum Gasteiger partial charge on any atom is 0.165 e. The Morgan fingerprint density at radius 1 is 1.38 bits per heavy atom. The predicted octanol–water partition coefficient (Wildman–Crippen LogP) is 2.51. The minimum Gasteiger partial charge on any atom is -0.494 e. The fraction of sp³-hybridized carbons (Fsp3) is 0.625. The minimum atomic E-state index is -0.322. The fourth-order valence-electron chi connectivity index (χ4n) is 2.48. The molecule has 1 heterocycles. The number of halogens is 1. The molecule has 0 aromatic heterocycles. The summed E-state index contributed by atoms with van der Waals surface area (Å²) in [5, 5.41) is 3.48. The molecular formula is C16H24FNO3. The lowest BCUT2D eigenvalue weighted by Gasteiger charge is -2.21. The molecule has 1 saturated heterocycles. The van der Waals surface area contributed by atoms with E-state index in [2.05, 4.69) is 12.2 Å². The standard InChI is InChI=1S/C16H24FNO3/c1-3-6-18-13(11-16-20-7-8-21-16)9-12-4-5-15(19-2)14(17)10-12/h4-5,10,13,16,18H,3,6-9,11H2,1-2H3. The largest absolute Gasteiger partial charge is 0.494 e. The van der Waals surface area contributed by atoms with Gasteiger partial charge in [-0.05, 0) is 37.1 Å². The molecule has 1 aromatic carbocycles. The first-order chi connectivity index (χ1) is 10.2. The van der Waals surface area contributed by atoms with Crippen LogP contribution >= 0.6 is 0 Å². The second-order valence-electron chi connectivity index (χ2n) is 5.23. The predicted molar refractivity (Wildman–Crippen MR) is 79.0 cm³/mol. The molecule has 0 amide bonds. The van der Waals surface area contributed by atoms with Gasteiger partial charge in [0.15, 0.2) is 17.9 Å². The molecule has 0 bridgehead atoms. The first kappa shape index (κ1) is 16.2. The van der Waals surface area contributed by atoms with Gasteiger partial charge in [0.05, 0.1) is 20.3 Å². The maximum absolute atomic E-state index is 13.8. The molecule has 0 spiro atoms. The Kier molecular flexibility index (Phi) is 6.42. The molecule has 1 aromatic rings. The Labute approximate surface area is 125 Å². The molecule has 1 unspecified atom stereocenters. The van der Waals surface area contributed by atoms with E-state index in [9.17, 15) is 4.39 Å². The summed E-state index contributed by atoms with van der Waals surface area (Å²) in [4.78, 5) is 0. The number of rotatable bonds is 8. The average Bonchev–Trinajstić information content (AvgIpc) is 2.98. The highest BCUT2D eigenvalue weighted by Crippen LogP contribution is 2.20. The van der Waals surface area contributed by atoms with E-state index < -0.39 is 0 Å². The molecular weight excluding hydrogens is 273 g/mol. The van der Waals surface area contributed by atoms with Crippen LogP contribution in [0.1, 0.15) is 25.3 Å². The monoisotopic (exact) mass is 297 g/mol. The van der Waals surface area contributed by atoms with Crippen molar-refractivity contribution in [2.24, 2.45) is 0 Å². The molecule has 118 valence electrons. The molecule has 1 N–H and O–H groups in total. The smallest absolute Gasteiger partial charge is 0.165 e. The summed E-state index contributed by atoms with van der Waals surface area (Å²) in [7, 11) is 1.47. The van der Waals surface area contributed by atoms with Crippen LogP contribution in [0.25, 0.3) is 0 Å². The minimum absolute atomic E-state index is 0.151. The zero-order chi connectivity index (χ0) is 15.1. The summed E-state index contributed by atoms with van der Waals surface area (Å²) in [6, 6.07) is 5.32. The molecule has 4 nitrogen and oxygen atoms in total. The van der Waals surface area contributed by atoms with Crippen LogP contribution in [0.2, 0.25) is 0 Å². The van der Waals surface area contributed by atoms with E-state index in [1.807, 2.05) is 6.07 Å². The quantitative estimate of drug-likeness (QED) is 0.800. The van der Waals surface area contributed by atoms with Crippen LogP contribution in [0.3, 0.4) is 0 Å². The normalized spacial score (nSPS) is 17.1. The van der Waals surface area contributed by atoms with Gasteiger partial charge in [-0.1, -0.05) is 13.0 Å². The summed E-state index contributed by atoms with van der Waals surface area (Å²) >= 11 is 0. The van der Waals surface area contributed by atoms with Crippen LogP contribution in [0.5, 0.6) is 5.75 Å². The number of methoxy groups -OCH3 is 1. The third kappa shape index (κ3) is 4.95. The van der Waals surface area contributed by atoms with Gasteiger partial charge in [0.1, 0.15) is 0 Å². The van der Waals surface area contributed by atoms with Crippen molar-refractivity contribution in [2.45, 2.75) is 38.5 Å². The van der Waals surface area contributed by atoms with Crippen LogP contribution in [-0.4, -0.2) is 39.2 Å². The van der Waals surface area contributed by atoms with Gasteiger partial charge < -0.3 is 19.5 Å². The highest BCUT2D eigenvalue weighted by Gasteiger charge is 2.21. The van der Waals surface area contributed by atoms with Crippen molar-refractivity contribution in [1.29, 1.82) is 0 Å². The zero-order valence-electron chi connectivity index (χ0n) is 12.7. The van der Waals surface area contributed by atoms with Crippen molar-refractivity contribution >= 4 is 0 Å². The lowest BCUT2D eigenvalue weighted by atomic mass is 10.0. The Morgan fingerprint density at radius 2 is 2.14 bits per heavy atom. The molecule has 2 rings (SSSR count). The first-order valence-electron chi connectivity index (χ1n) is 7.52. The number of benzene rings is 1. The topological polar surface area (TPSA) is 39.7 Å². The number of hydrogen-bond donors (Lipinski definition) is 1. The lowest BCUT2D eigenvalue weighted by molar-refractivity contribution is -0.0526. The summed E-state index contributed by atoms with van der Waals surface area (Å²) in [6.45, 7) is 4.36. The SMILES string of the molecule is CCCNC(Cc1ccc(OC)c(F)c1)CC1OCCO1.